The van der Waals surface area contributed by atoms with Crippen molar-refractivity contribution in [1.82, 2.24) is 9.97 Å². The number of fused-ring (bicyclic) bond motifs is 1. The van der Waals surface area contributed by atoms with E-state index in [1.54, 1.807) is 20.3 Å². The molecule has 0 saturated carbocycles. The van der Waals surface area contributed by atoms with Crippen LogP contribution < -0.4 is 14.8 Å². The first-order valence-electron chi connectivity index (χ1n) is 8.22. The number of benzene rings is 2. The molecule has 1 aromatic heterocycles. The van der Waals surface area contributed by atoms with Crippen LogP contribution in [-0.4, -0.2) is 24.2 Å². The fourth-order valence-electron chi connectivity index (χ4n) is 2.85. The SMILES string of the molecule is COc1cc2nc(C)nc(N[C@H](C)c3cccc(C#N)c3)c2cc1OC. The van der Waals surface area contributed by atoms with Gasteiger partial charge in [-0.05, 0) is 37.6 Å². The first-order chi connectivity index (χ1) is 12.5. The maximum atomic E-state index is 9.10. The highest BCUT2D eigenvalue weighted by molar-refractivity contribution is 5.92. The van der Waals surface area contributed by atoms with E-state index >= 15 is 0 Å². The van der Waals surface area contributed by atoms with Gasteiger partial charge in [0.2, 0.25) is 0 Å². The molecule has 1 heterocycles. The van der Waals surface area contributed by atoms with Crippen LogP contribution in [0, 0.1) is 18.3 Å². The van der Waals surface area contributed by atoms with Gasteiger partial charge in [-0.15, -0.1) is 0 Å². The molecule has 0 fully saturated rings. The fourth-order valence-corrected chi connectivity index (χ4v) is 2.85. The molecule has 0 spiro atoms. The molecule has 2 aromatic carbocycles. The van der Waals surface area contributed by atoms with Gasteiger partial charge in [0.05, 0.1) is 37.4 Å². The first kappa shape index (κ1) is 17.5. The predicted molar refractivity (Wildman–Crippen MR) is 101 cm³/mol. The Kier molecular flexibility index (Phi) is 4.90. The molecule has 0 saturated heterocycles. The Hall–Kier alpha value is -3.33. The number of aryl methyl sites for hydroxylation is 1. The summed E-state index contributed by atoms with van der Waals surface area (Å²) in [6.45, 7) is 3.88. The molecule has 0 amide bonds. The summed E-state index contributed by atoms with van der Waals surface area (Å²) in [4.78, 5) is 9.05. The van der Waals surface area contributed by atoms with Crippen LogP contribution >= 0.6 is 0 Å². The lowest BCUT2D eigenvalue weighted by molar-refractivity contribution is 0.356. The third kappa shape index (κ3) is 3.38. The van der Waals surface area contributed by atoms with Gasteiger partial charge in [-0.1, -0.05) is 12.1 Å². The number of nitrogens with one attached hydrogen (secondary N) is 1. The van der Waals surface area contributed by atoms with Crippen molar-refractivity contribution in [1.29, 1.82) is 5.26 Å². The summed E-state index contributed by atoms with van der Waals surface area (Å²) in [5, 5.41) is 13.4. The Bertz CT molecular complexity index is 995. The zero-order valence-electron chi connectivity index (χ0n) is 15.2. The second-order valence-corrected chi connectivity index (χ2v) is 5.95. The van der Waals surface area contributed by atoms with E-state index in [1.807, 2.05) is 44.2 Å². The van der Waals surface area contributed by atoms with Gasteiger partial charge >= 0.3 is 0 Å². The van der Waals surface area contributed by atoms with Crippen LogP contribution in [0.5, 0.6) is 11.5 Å². The molecule has 3 aromatic rings. The van der Waals surface area contributed by atoms with Gasteiger partial charge in [0.15, 0.2) is 11.5 Å². The minimum absolute atomic E-state index is 0.0334. The molecule has 1 atom stereocenters. The summed E-state index contributed by atoms with van der Waals surface area (Å²) in [7, 11) is 3.20. The van der Waals surface area contributed by atoms with Gasteiger partial charge in [0.1, 0.15) is 11.6 Å². The van der Waals surface area contributed by atoms with Crippen LogP contribution in [0.4, 0.5) is 5.82 Å². The summed E-state index contributed by atoms with van der Waals surface area (Å²) in [5.74, 6) is 2.61. The van der Waals surface area contributed by atoms with Crippen LogP contribution in [0.2, 0.25) is 0 Å². The van der Waals surface area contributed by atoms with Gasteiger partial charge < -0.3 is 14.8 Å². The lowest BCUT2D eigenvalue weighted by Gasteiger charge is -2.18. The van der Waals surface area contributed by atoms with E-state index in [9.17, 15) is 0 Å². The average Bonchev–Trinajstić information content (AvgIpc) is 2.66. The average molecular weight is 348 g/mol. The van der Waals surface area contributed by atoms with E-state index in [2.05, 4.69) is 21.4 Å². The zero-order valence-corrected chi connectivity index (χ0v) is 15.2. The van der Waals surface area contributed by atoms with E-state index in [4.69, 9.17) is 14.7 Å². The number of rotatable bonds is 5. The van der Waals surface area contributed by atoms with Crippen molar-refractivity contribution in [3.8, 4) is 17.6 Å². The second kappa shape index (κ2) is 7.28. The third-order valence-corrected chi connectivity index (χ3v) is 4.18. The summed E-state index contributed by atoms with van der Waals surface area (Å²) >= 11 is 0. The zero-order chi connectivity index (χ0) is 18.7. The molecule has 1 N–H and O–H groups in total. The fraction of sp³-hybridized carbons (Fsp3) is 0.250. The van der Waals surface area contributed by atoms with E-state index in [0.29, 0.717) is 28.7 Å². The summed E-state index contributed by atoms with van der Waals surface area (Å²) < 4.78 is 10.8. The van der Waals surface area contributed by atoms with Crippen molar-refractivity contribution >= 4 is 16.7 Å². The van der Waals surface area contributed by atoms with Crippen LogP contribution in [0.3, 0.4) is 0 Å². The molecule has 132 valence electrons. The van der Waals surface area contributed by atoms with Gasteiger partial charge in [0.25, 0.3) is 0 Å². The van der Waals surface area contributed by atoms with Crippen LogP contribution in [0.25, 0.3) is 10.9 Å². The van der Waals surface area contributed by atoms with E-state index in [-0.39, 0.29) is 6.04 Å². The van der Waals surface area contributed by atoms with Crippen LogP contribution in [0.1, 0.15) is 29.9 Å². The molecule has 0 aliphatic carbocycles. The van der Waals surface area contributed by atoms with E-state index < -0.39 is 0 Å². The Morgan fingerprint density at radius 2 is 1.81 bits per heavy atom. The number of aromatic nitrogens is 2. The highest BCUT2D eigenvalue weighted by Crippen LogP contribution is 2.35. The van der Waals surface area contributed by atoms with Crippen molar-refractivity contribution in [2.45, 2.75) is 19.9 Å². The largest absolute Gasteiger partial charge is 0.493 e. The quantitative estimate of drug-likeness (QED) is 0.751. The molecule has 0 bridgehead atoms. The summed E-state index contributed by atoms with van der Waals surface area (Å²) in [6.07, 6.45) is 0. The second-order valence-electron chi connectivity index (χ2n) is 5.95. The maximum Gasteiger partial charge on any atom is 0.162 e. The number of nitriles is 1. The minimum Gasteiger partial charge on any atom is -0.493 e. The topological polar surface area (TPSA) is 80.1 Å². The Balaban J connectivity index is 2.04. The smallest absolute Gasteiger partial charge is 0.162 e. The van der Waals surface area contributed by atoms with Crippen LogP contribution in [0.15, 0.2) is 36.4 Å². The molecular weight excluding hydrogens is 328 g/mol. The maximum absolute atomic E-state index is 9.10. The molecule has 0 aliphatic heterocycles. The Morgan fingerprint density at radius 1 is 1.08 bits per heavy atom. The van der Waals surface area contributed by atoms with E-state index in [1.165, 1.54) is 0 Å². The summed E-state index contributed by atoms with van der Waals surface area (Å²) in [6, 6.07) is 13.4. The molecule has 0 aliphatic rings. The molecule has 26 heavy (non-hydrogen) atoms. The number of ether oxygens (including phenoxy) is 2. The number of nitrogens with zero attached hydrogens (tertiary/aromatic N) is 3. The molecule has 6 nitrogen and oxygen atoms in total. The molecule has 0 radical (unpaired) electrons. The predicted octanol–water partition coefficient (Wildman–Crippen LogP) is 4.00. The number of methoxy groups -OCH3 is 2. The normalized spacial score (nSPS) is 11.7. The van der Waals surface area contributed by atoms with E-state index in [0.717, 1.165) is 16.5 Å². The monoisotopic (exact) mass is 348 g/mol. The van der Waals surface area contributed by atoms with Gasteiger partial charge in [-0.3, -0.25) is 0 Å². The first-order valence-corrected chi connectivity index (χ1v) is 8.22. The van der Waals surface area contributed by atoms with Crippen LogP contribution in [-0.2, 0) is 0 Å². The van der Waals surface area contributed by atoms with Crippen molar-refractivity contribution in [2.75, 3.05) is 19.5 Å². The van der Waals surface area contributed by atoms with Crippen molar-refractivity contribution in [2.24, 2.45) is 0 Å². The Morgan fingerprint density at radius 3 is 2.50 bits per heavy atom. The molecule has 3 rings (SSSR count). The lowest BCUT2D eigenvalue weighted by Crippen LogP contribution is -2.10. The third-order valence-electron chi connectivity index (χ3n) is 4.18. The standard InChI is InChI=1S/C20H20N4O2/c1-12(15-7-5-6-14(8-15)11-21)22-20-16-9-18(25-3)19(26-4)10-17(16)23-13(2)24-20/h5-10,12H,1-4H3,(H,22,23,24)/t12-/m1/s1. The summed E-state index contributed by atoms with van der Waals surface area (Å²) in [5.41, 5.74) is 2.41. The Labute approximate surface area is 152 Å². The van der Waals surface area contributed by atoms with Gasteiger partial charge in [0, 0.05) is 11.5 Å². The van der Waals surface area contributed by atoms with Crippen molar-refractivity contribution in [3.05, 3.63) is 53.3 Å². The molecule has 6 heteroatoms. The van der Waals surface area contributed by atoms with Crippen molar-refractivity contribution in [3.63, 3.8) is 0 Å². The number of hydrogen-bond acceptors (Lipinski definition) is 6. The lowest BCUT2D eigenvalue weighted by atomic mass is 10.1. The number of anilines is 1. The number of hydrogen-bond donors (Lipinski definition) is 1. The highest BCUT2D eigenvalue weighted by atomic mass is 16.5. The molecule has 0 unspecified atom stereocenters. The van der Waals surface area contributed by atoms with Gasteiger partial charge in [-0.2, -0.15) is 5.26 Å². The minimum atomic E-state index is -0.0334. The van der Waals surface area contributed by atoms with Crippen molar-refractivity contribution < 1.29 is 9.47 Å². The molecular formula is C20H20N4O2. The van der Waals surface area contributed by atoms with Gasteiger partial charge in [-0.25, -0.2) is 9.97 Å². The highest BCUT2D eigenvalue weighted by Gasteiger charge is 2.14.